The number of hydrogen-bond donors (Lipinski definition) is 0. The summed E-state index contributed by atoms with van der Waals surface area (Å²) >= 11 is 0. The molecule has 2 rings (SSSR count). The molecular formula is C10H8N2O2. The lowest BCUT2D eigenvalue weighted by Crippen LogP contribution is -2.06. The Balaban J connectivity index is 2.41. The van der Waals surface area contributed by atoms with Crippen molar-refractivity contribution in [3.05, 3.63) is 49.0 Å². The summed E-state index contributed by atoms with van der Waals surface area (Å²) in [5.41, 5.74) is 0. The van der Waals surface area contributed by atoms with Crippen molar-refractivity contribution < 1.29 is 9.21 Å². The molecule has 0 aliphatic heterocycles. The highest BCUT2D eigenvalue weighted by molar-refractivity contribution is 6.05. The predicted octanol–water partition coefficient (Wildman–Crippen LogP) is 1.81. The fourth-order valence-electron chi connectivity index (χ4n) is 1.15. The first-order valence-electron chi connectivity index (χ1n) is 4.06. The summed E-state index contributed by atoms with van der Waals surface area (Å²) in [6, 6.07) is 3.26. The van der Waals surface area contributed by atoms with Crippen molar-refractivity contribution in [2.75, 3.05) is 0 Å². The zero-order valence-electron chi connectivity index (χ0n) is 7.38. The molecular weight excluding hydrogens is 180 g/mol. The molecule has 4 heteroatoms. The minimum Gasteiger partial charge on any atom is -0.461 e. The van der Waals surface area contributed by atoms with Crippen LogP contribution in [0.4, 0.5) is 0 Å². The first-order valence-corrected chi connectivity index (χ1v) is 4.06. The molecule has 14 heavy (non-hydrogen) atoms. The fourth-order valence-corrected chi connectivity index (χ4v) is 1.15. The number of rotatable bonds is 3. The maximum absolute atomic E-state index is 11.7. The monoisotopic (exact) mass is 188 g/mol. The second-order valence-electron chi connectivity index (χ2n) is 2.65. The van der Waals surface area contributed by atoms with E-state index in [0.717, 1.165) is 0 Å². The number of furan rings is 1. The van der Waals surface area contributed by atoms with Crippen molar-refractivity contribution in [3.8, 4) is 0 Å². The third kappa shape index (κ3) is 1.26. The maximum atomic E-state index is 11.7. The number of hydrogen-bond acceptors (Lipinski definition) is 3. The van der Waals surface area contributed by atoms with Crippen LogP contribution < -0.4 is 0 Å². The van der Waals surface area contributed by atoms with E-state index >= 15 is 0 Å². The summed E-state index contributed by atoms with van der Waals surface area (Å²) in [7, 11) is 0. The molecule has 2 heterocycles. The molecule has 0 bridgehead atoms. The minimum atomic E-state index is -0.250. The average molecular weight is 188 g/mol. The summed E-state index contributed by atoms with van der Waals surface area (Å²) in [5.74, 6) is 0.328. The second kappa shape index (κ2) is 3.33. The van der Waals surface area contributed by atoms with Crippen LogP contribution in [0.5, 0.6) is 0 Å². The summed E-state index contributed by atoms with van der Waals surface area (Å²) < 4.78 is 6.53. The lowest BCUT2D eigenvalue weighted by Gasteiger charge is -1.97. The van der Waals surface area contributed by atoms with Crippen LogP contribution >= 0.6 is 0 Å². The molecule has 0 aliphatic carbocycles. The molecule has 0 aliphatic rings. The van der Waals surface area contributed by atoms with Crippen molar-refractivity contribution >= 4 is 12.0 Å². The zero-order valence-corrected chi connectivity index (χ0v) is 7.38. The summed E-state index contributed by atoms with van der Waals surface area (Å²) in [4.78, 5) is 15.6. The summed E-state index contributed by atoms with van der Waals surface area (Å²) in [6.07, 6.45) is 6.17. The molecule has 4 nitrogen and oxygen atoms in total. The molecule has 0 N–H and O–H groups in total. The first-order chi connectivity index (χ1) is 6.83. The maximum Gasteiger partial charge on any atom is 0.263 e. The van der Waals surface area contributed by atoms with Gasteiger partial charge in [-0.05, 0) is 12.1 Å². The molecule has 0 amide bonds. The van der Waals surface area contributed by atoms with E-state index in [1.54, 1.807) is 22.9 Å². The Labute approximate surface area is 80.5 Å². The third-order valence-electron chi connectivity index (χ3n) is 1.81. The minimum absolute atomic E-state index is 0.250. The molecule has 70 valence electrons. The van der Waals surface area contributed by atoms with Gasteiger partial charge in [0.2, 0.25) is 0 Å². The molecule has 0 radical (unpaired) electrons. The van der Waals surface area contributed by atoms with Crippen LogP contribution in [0.3, 0.4) is 0 Å². The normalized spacial score (nSPS) is 10.0. The summed E-state index contributed by atoms with van der Waals surface area (Å²) in [6.45, 7) is 3.57. The predicted molar refractivity (Wildman–Crippen MR) is 50.8 cm³/mol. The molecule has 0 fully saturated rings. The Bertz CT molecular complexity index is 454. The van der Waals surface area contributed by atoms with E-state index in [1.165, 1.54) is 18.7 Å². The first kappa shape index (κ1) is 8.50. The van der Waals surface area contributed by atoms with Gasteiger partial charge in [-0.25, -0.2) is 4.98 Å². The van der Waals surface area contributed by atoms with Crippen LogP contribution in [0.25, 0.3) is 6.20 Å². The van der Waals surface area contributed by atoms with Crippen molar-refractivity contribution in [1.29, 1.82) is 0 Å². The van der Waals surface area contributed by atoms with Gasteiger partial charge >= 0.3 is 0 Å². The quantitative estimate of drug-likeness (QED) is 0.690. The number of ketones is 1. The van der Waals surface area contributed by atoms with Crippen LogP contribution in [0.1, 0.15) is 16.4 Å². The van der Waals surface area contributed by atoms with E-state index < -0.39 is 0 Å². The highest BCUT2D eigenvalue weighted by Crippen LogP contribution is 2.08. The van der Waals surface area contributed by atoms with Gasteiger partial charge in [-0.1, -0.05) is 6.58 Å². The van der Waals surface area contributed by atoms with Crippen molar-refractivity contribution in [2.24, 2.45) is 0 Å². The molecule has 0 spiro atoms. The standard InChI is InChI=1S/C10H8N2O2/c1-2-12-6-5-11-10(12)9(13)8-4-3-7-14-8/h2-7H,1H2. The second-order valence-corrected chi connectivity index (χ2v) is 2.65. The molecule has 2 aromatic heterocycles. The molecule has 0 saturated carbocycles. The Morgan fingerprint density at radius 3 is 3.14 bits per heavy atom. The Hall–Kier alpha value is -2.10. The molecule has 2 aromatic rings. The van der Waals surface area contributed by atoms with E-state index in [2.05, 4.69) is 11.6 Å². The summed E-state index contributed by atoms with van der Waals surface area (Å²) in [5, 5.41) is 0. The van der Waals surface area contributed by atoms with Gasteiger partial charge in [-0.15, -0.1) is 0 Å². The van der Waals surface area contributed by atoms with Crippen molar-refractivity contribution in [3.63, 3.8) is 0 Å². The van der Waals surface area contributed by atoms with Crippen LogP contribution in [0.2, 0.25) is 0 Å². The smallest absolute Gasteiger partial charge is 0.263 e. The van der Waals surface area contributed by atoms with Gasteiger partial charge in [0.1, 0.15) is 0 Å². The molecule has 0 atom stereocenters. The third-order valence-corrected chi connectivity index (χ3v) is 1.81. The van der Waals surface area contributed by atoms with E-state index in [1.807, 2.05) is 0 Å². The van der Waals surface area contributed by atoms with Crippen LogP contribution in [-0.2, 0) is 0 Å². The van der Waals surface area contributed by atoms with Crippen molar-refractivity contribution in [2.45, 2.75) is 0 Å². The van der Waals surface area contributed by atoms with Gasteiger partial charge in [-0.2, -0.15) is 0 Å². The number of imidazole rings is 1. The number of carbonyl (C=O) groups excluding carboxylic acids is 1. The topological polar surface area (TPSA) is 48.0 Å². The molecule has 0 aromatic carbocycles. The van der Waals surface area contributed by atoms with Gasteiger partial charge in [0.05, 0.1) is 6.26 Å². The Morgan fingerprint density at radius 2 is 2.50 bits per heavy atom. The van der Waals surface area contributed by atoms with Crippen molar-refractivity contribution in [1.82, 2.24) is 9.55 Å². The van der Waals surface area contributed by atoms with E-state index in [9.17, 15) is 4.79 Å². The largest absolute Gasteiger partial charge is 0.461 e. The van der Waals surface area contributed by atoms with Gasteiger partial charge in [-0.3, -0.25) is 4.79 Å². The highest BCUT2D eigenvalue weighted by atomic mass is 16.3. The van der Waals surface area contributed by atoms with Crippen LogP contribution in [-0.4, -0.2) is 15.3 Å². The SMILES string of the molecule is C=Cn1ccnc1C(=O)c1ccco1. The van der Waals surface area contributed by atoms with Crippen LogP contribution in [0.15, 0.2) is 41.8 Å². The van der Waals surface area contributed by atoms with E-state index in [0.29, 0.717) is 5.82 Å². The van der Waals surface area contributed by atoms with E-state index in [-0.39, 0.29) is 11.5 Å². The van der Waals surface area contributed by atoms with Gasteiger partial charge in [0.15, 0.2) is 11.6 Å². The lowest BCUT2D eigenvalue weighted by molar-refractivity contribution is 0.0998. The van der Waals surface area contributed by atoms with Gasteiger partial charge < -0.3 is 8.98 Å². The zero-order chi connectivity index (χ0) is 9.97. The Morgan fingerprint density at radius 1 is 1.64 bits per heavy atom. The fraction of sp³-hybridized carbons (Fsp3) is 0. The average Bonchev–Trinajstić information content (AvgIpc) is 2.87. The van der Waals surface area contributed by atoms with Gasteiger partial charge in [0, 0.05) is 18.6 Å². The van der Waals surface area contributed by atoms with Crippen LogP contribution in [0, 0.1) is 0 Å². The molecule has 0 saturated heterocycles. The van der Waals surface area contributed by atoms with E-state index in [4.69, 9.17) is 4.42 Å². The molecule has 0 unspecified atom stereocenters. The highest BCUT2D eigenvalue weighted by Gasteiger charge is 2.16. The number of carbonyl (C=O) groups is 1. The number of aromatic nitrogens is 2. The Kier molecular flexibility index (Phi) is 2.02. The number of nitrogens with zero attached hydrogens (tertiary/aromatic N) is 2. The lowest BCUT2D eigenvalue weighted by atomic mass is 10.3. The van der Waals surface area contributed by atoms with Gasteiger partial charge in [0.25, 0.3) is 5.78 Å².